The molecule has 15 heavy (non-hydrogen) atoms. The van der Waals surface area contributed by atoms with Crippen molar-refractivity contribution in [3.63, 3.8) is 0 Å². The molecule has 0 radical (unpaired) electrons. The van der Waals surface area contributed by atoms with Crippen molar-refractivity contribution in [3.05, 3.63) is 18.0 Å². The Kier molecular flexibility index (Phi) is 4.62. The summed E-state index contributed by atoms with van der Waals surface area (Å²) in [5, 5.41) is 9.68. The first-order chi connectivity index (χ1) is 7.22. The molecule has 0 aromatic carbocycles. The molecule has 0 bridgehead atoms. The molecule has 1 rings (SSSR count). The van der Waals surface area contributed by atoms with Gasteiger partial charge in [0.1, 0.15) is 0 Å². The van der Waals surface area contributed by atoms with Crippen molar-refractivity contribution < 1.29 is 0 Å². The van der Waals surface area contributed by atoms with Gasteiger partial charge >= 0.3 is 0 Å². The highest BCUT2D eigenvalue weighted by atomic mass is 15.3. The number of nitrogens with zero attached hydrogens (tertiary/aromatic N) is 2. The van der Waals surface area contributed by atoms with Crippen LogP contribution < -0.4 is 16.6 Å². The van der Waals surface area contributed by atoms with Crippen molar-refractivity contribution >= 4 is 5.96 Å². The van der Waals surface area contributed by atoms with E-state index < -0.39 is 0 Å². The van der Waals surface area contributed by atoms with Crippen molar-refractivity contribution in [2.75, 3.05) is 6.54 Å². The Hall–Kier alpha value is -1.56. The molecule has 5 N–H and O–H groups in total. The molecule has 6 nitrogen and oxygen atoms in total. The fourth-order valence-corrected chi connectivity index (χ4v) is 0.988. The normalized spacial score (nSPS) is 11.9. The summed E-state index contributed by atoms with van der Waals surface area (Å²) in [6.07, 6.45) is 3.54. The van der Waals surface area contributed by atoms with Gasteiger partial charge in [-0.3, -0.25) is 10.5 Å². The van der Waals surface area contributed by atoms with E-state index in [0.717, 1.165) is 12.1 Å². The van der Waals surface area contributed by atoms with E-state index in [1.165, 1.54) is 0 Å². The first-order valence-electron chi connectivity index (χ1n) is 4.95. The fourth-order valence-electron chi connectivity index (χ4n) is 0.988. The number of nitrogens with one attached hydrogen (secondary N) is 3. The maximum atomic E-state index is 5.33. The molecule has 0 unspecified atom stereocenters. The molecule has 1 aromatic rings. The first kappa shape index (κ1) is 11.5. The van der Waals surface area contributed by atoms with Gasteiger partial charge in [-0.2, -0.15) is 5.10 Å². The highest BCUT2D eigenvalue weighted by Crippen LogP contribution is 1.95. The number of hydrogen-bond donors (Lipinski definition) is 4. The summed E-state index contributed by atoms with van der Waals surface area (Å²) in [4.78, 5) is 4.27. The van der Waals surface area contributed by atoms with Crippen molar-refractivity contribution in [3.8, 4) is 0 Å². The molecule has 0 aliphatic rings. The molecule has 1 aromatic heterocycles. The van der Waals surface area contributed by atoms with Gasteiger partial charge in [0.15, 0.2) is 0 Å². The number of rotatable bonds is 4. The molecule has 0 aliphatic heterocycles. The van der Waals surface area contributed by atoms with Crippen LogP contribution in [0.2, 0.25) is 0 Å². The van der Waals surface area contributed by atoms with Crippen LogP contribution in [0.5, 0.6) is 0 Å². The maximum Gasteiger partial charge on any atom is 0.206 e. The van der Waals surface area contributed by atoms with Crippen LogP contribution in [0.4, 0.5) is 0 Å². The summed E-state index contributed by atoms with van der Waals surface area (Å²) < 4.78 is 0. The largest absolute Gasteiger partial charge is 0.355 e. The third-order valence-corrected chi connectivity index (χ3v) is 1.79. The van der Waals surface area contributed by atoms with Gasteiger partial charge in [0.2, 0.25) is 5.96 Å². The quantitative estimate of drug-likeness (QED) is 0.243. The summed E-state index contributed by atoms with van der Waals surface area (Å²) in [6.45, 7) is 5.64. The molecule has 0 saturated carbocycles. The van der Waals surface area contributed by atoms with Crippen LogP contribution >= 0.6 is 0 Å². The highest BCUT2D eigenvalue weighted by molar-refractivity contribution is 5.79. The predicted octanol–water partition coefficient (Wildman–Crippen LogP) is -0.0254. The molecular formula is C9H18N6. The second-order valence-electron chi connectivity index (χ2n) is 3.69. The molecule has 84 valence electrons. The molecule has 0 aliphatic carbocycles. The Morgan fingerprint density at radius 2 is 2.47 bits per heavy atom. The number of hydrogen-bond acceptors (Lipinski definition) is 3. The SMILES string of the molecule is CC(C)CNC(=NCc1cn[nH]c1)NN. The Bertz CT molecular complexity index is 290. The van der Waals surface area contributed by atoms with E-state index in [1.807, 2.05) is 0 Å². The third-order valence-electron chi connectivity index (χ3n) is 1.79. The van der Waals surface area contributed by atoms with Gasteiger partial charge < -0.3 is 5.32 Å². The number of aromatic nitrogens is 2. The number of aliphatic imine (C=N–C) groups is 1. The monoisotopic (exact) mass is 210 g/mol. The molecule has 1 heterocycles. The average Bonchev–Trinajstić information content (AvgIpc) is 2.70. The topological polar surface area (TPSA) is 91.1 Å². The van der Waals surface area contributed by atoms with E-state index in [9.17, 15) is 0 Å². The van der Waals surface area contributed by atoms with Gasteiger partial charge in [-0.25, -0.2) is 10.8 Å². The zero-order valence-corrected chi connectivity index (χ0v) is 9.12. The number of guanidine groups is 1. The van der Waals surface area contributed by atoms with Gasteiger partial charge in [0, 0.05) is 18.3 Å². The zero-order chi connectivity index (χ0) is 11.1. The Morgan fingerprint density at radius 1 is 1.67 bits per heavy atom. The lowest BCUT2D eigenvalue weighted by molar-refractivity contribution is 0.615. The summed E-state index contributed by atoms with van der Waals surface area (Å²) in [7, 11) is 0. The average molecular weight is 210 g/mol. The van der Waals surface area contributed by atoms with Crippen LogP contribution in [-0.2, 0) is 6.54 Å². The number of aromatic amines is 1. The van der Waals surface area contributed by atoms with Crippen LogP contribution in [0.1, 0.15) is 19.4 Å². The lowest BCUT2D eigenvalue weighted by Gasteiger charge is -2.10. The molecule has 6 heteroatoms. The van der Waals surface area contributed by atoms with E-state index in [4.69, 9.17) is 5.84 Å². The number of H-pyrrole nitrogens is 1. The van der Waals surface area contributed by atoms with Crippen molar-refractivity contribution in [2.45, 2.75) is 20.4 Å². The molecule has 0 saturated heterocycles. The Balaban J connectivity index is 2.40. The lowest BCUT2D eigenvalue weighted by atomic mass is 10.2. The van der Waals surface area contributed by atoms with Crippen LogP contribution in [0, 0.1) is 5.92 Å². The minimum atomic E-state index is 0.553. The number of hydrazine groups is 1. The second-order valence-corrected chi connectivity index (χ2v) is 3.69. The summed E-state index contributed by atoms with van der Waals surface area (Å²) in [5.41, 5.74) is 3.55. The molecule has 0 fully saturated rings. The Labute approximate surface area is 89.3 Å². The summed E-state index contributed by atoms with van der Waals surface area (Å²) in [6, 6.07) is 0. The van der Waals surface area contributed by atoms with Crippen LogP contribution in [0.25, 0.3) is 0 Å². The zero-order valence-electron chi connectivity index (χ0n) is 9.12. The number of nitrogens with two attached hydrogens (primary N) is 1. The van der Waals surface area contributed by atoms with E-state index in [1.54, 1.807) is 12.4 Å². The third kappa shape index (κ3) is 4.46. The molecule has 0 spiro atoms. The van der Waals surface area contributed by atoms with Gasteiger partial charge in [-0.1, -0.05) is 13.8 Å². The van der Waals surface area contributed by atoms with Crippen molar-refractivity contribution in [1.82, 2.24) is 20.9 Å². The Morgan fingerprint density at radius 3 is 3.00 bits per heavy atom. The smallest absolute Gasteiger partial charge is 0.206 e. The van der Waals surface area contributed by atoms with Crippen LogP contribution in [0.3, 0.4) is 0 Å². The van der Waals surface area contributed by atoms with Crippen molar-refractivity contribution in [1.29, 1.82) is 0 Å². The second kappa shape index (κ2) is 6.02. The minimum Gasteiger partial charge on any atom is -0.355 e. The van der Waals surface area contributed by atoms with E-state index in [2.05, 4.69) is 39.8 Å². The first-order valence-corrected chi connectivity index (χ1v) is 4.95. The van der Waals surface area contributed by atoms with Crippen molar-refractivity contribution in [2.24, 2.45) is 16.8 Å². The maximum absolute atomic E-state index is 5.33. The standard InChI is InChI=1S/C9H18N6/c1-7(2)3-11-9(15-10)12-4-8-5-13-14-6-8/h5-7H,3-4,10H2,1-2H3,(H,13,14)(H2,11,12,15). The molecule has 0 atom stereocenters. The van der Waals surface area contributed by atoms with Gasteiger partial charge in [0.05, 0.1) is 12.7 Å². The lowest BCUT2D eigenvalue weighted by Crippen LogP contribution is -2.42. The van der Waals surface area contributed by atoms with E-state index in [-0.39, 0.29) is 0 Å². The molecular weight excluding hydrogens is 192 g/mol. The minimum absolute atomic E-state index is 0.553. The summed E-state index contributed by atoms with van der Waals surface area (Å²) >= 11 is 0. The van der Waals surface area contributed by atoms with Gasteiger partial charge in [-0.15, -0.1) is 0 Å². The van der Waals surface area contributed by atoms with E-state index >= 15 is 0 Å². The van der Waals surface area contributed by atoms with Gasteiger partial charge in [-0.05, 0) is 5.92 Å². The van der Waals surface area contributed by atoms with Crippen LogP contribution in [-0.4, -0.2) is 22.7 Å². The fraction of sp³-hybridized carbons (Fsp3) is 0.556. The van der Waals surface area contributed by atoms with E-state index in [0.29, 0.717) is 18.4 Å². The highest BCUT2D eigenvalue weighted by Gasteiger charge is 1.98. The van der Waals surface area contributed by atoms with Crippen LogP contribution in [0.15, 0.2) is 17.4 Å². The molecule has 0 amide bonds. The predicted molar refractivity (Wildman–Crippen MR) is 59.9 cm³/mol. The van der Waals surface area contributed by atoms with Gasteiger partial charge in [0.25, 0.3) is 0 Å². The summed E-state index contributed by atoms with van der Waals surface area (Å²) in [5.74, 6) is 6.49.